The maximum atomic E-state index is 12.1. The Morgan fingerprint density at radius 2 is 2.00 bits per heavy atom. The number of anilines is 1. The van der Waals surface area contributed by atoms with E-state index in [9.17, 15) is 9.59 Å². The largest absolute Gasteiger partial charge is 0.451 e. The lowest BCUT2D eigenvalue weighted by Crippen LogP contribution is -2.15. The topological polar surface area (TPSA) is 72.2 Å². The van der Waals surface area contributed by atoms with Crippen LogP contribution in [0.2, 0.25) is 0 Å². The molecular formula is C15H9BrN2O3. The van der Waals surface area contributed by atoms with Crippen molar-refractivity contribution in [1.82, 2.24) is 4.98 Å². The Balaban J connectivity index is 1.94. The van der Waals surface area contributed by atoms with Crippen molar-refractivity contribution in [2.24, 2.45) is 0 Å². The van der Waals surface area contributed by atoms with Crippen molar-refractivity contribution >= 4 is 38.5 Å². The second-order valence-electron chi connectivity index (χ2n) is 4.29. The van der Waals surface area contributed by atoms with E-state index in [0.29, 0.717) is 21.3 Å². The predicted molar refractivity (Wildman–Crippen MR) is 82.4 cm³/mol. The molecule has 1 amide bonds. The van der Waals surface area contributed by atoms with Gasteiger partial charge in [0.15, 0.2) is 11.2 Å². The molecule has 0 unspecified atom stereocenters. The zero-order valence-corrected chi connectivity index (χ0v) is 12.3. The van der Waals surface area contributed by atoms with Gasteiger partial charge in [-0.3, -0.25) is 9.59 Å². The molecule has 0 spiro atoms. The van der Waals surface area contributed by atoms with Crippen molar-refractivity contribution in [3.05, 3.63) is 69.2 Å². The molecule has 3 aromatic rings. The minimum absolute atomic E-state index is 0.0402. The van der Waals surface area contributed by atoms with Crippen molar-refractivity contribution in [2.75, 3.05) is 5.32 Å². The molecule has 2 aromatic heterocycles. The standard InChI is InChI=1S/C15H9BrN2O3/c16-14-6-5-9(8-17-14)18-15(20)13-7-11(19)10-3-1-2-4-12(10)21-13/h1-8H,(H,18,20). The molecule has 0 radical (unpaired) electrons. The van der Waals surface area contributed by atoms with Crippen LogP contribution in [-0.2, 0) is 0 Å². The summed E-state index contributed by atoms with van der Waals surface area (Å²) in [6, 6.07) is 11.4. The van der Waals surface area contributed by atoms with Crippen LogP contribution in [0.3, 0.4) is 0 Å². The molecule has 0 fully saturated rings. The molecule has 21 heavy (non-hydrogen) atoms. The molecular weight excluding hydrogens is 336 g/mol. The summed E-state index contributed by atoms with van der Waals surface area (Å²) in [6.07, 6.45) is 1.50. The molecule has 5 nitrogen and oxygen atoms in total. The SMILES string of the molecule is O=C(Nc1ccc(Br)nc1)c1cc(=O)c2ccccc2o1. The maximum absolute atomic E-state index is 12.1. The second-order valence-corrected chi connectivity index (χ2v) is 5.11. The zero-order valence-electron chi connectivity index (χ0n) is 10.7. The summed E-state index contributed by atoms with van der Waals surface area (Å²) in [7, 11) is 0. The highest BCUT2D eigenvalue weighted by molar-refractivity contribution is 9.10. The van der Waals surface area contributed by atoms with Crippen LogP contribution in [0.1, 0.15) is 10.6 Å². The van der Waals surface area contributed by atoms with Gasteiger partial charge in [0, 0.05) is 6.07 Å². The van der Waals surface area contributed by atoms with Crippen LogP contribution in [0.5, 0.6) is 0 Å². The van der Waals surface area contributed by atoms with Crippen LogP contribution in [0.15, 0.2) is 62.5 Å². The average Bonchev–Trinajstić information content (AvgIpc) is 2.49. The first-order valence-electron chi connectivity index (χ1n) is 6.09. The smallest absolute Gasteiger partial charge is 0.291 e. The molecule has 6 heteroatoms. The first kappa shape index (κ1) is 13.5. The highest BCUT2D eigenvalue weighted by atomic mass is 79.9. The summed E-state index contributed by atoms with van der Waals surface area (Å²) in [5, 5.41) is 3.07. The molecule has 104 valence electrons. The summed E-state index contributed by atoms with van der Waals surface area (Å²) >= 11 is 3.21. The highest BCUT2D eigenvalue weighted by Crippen LogP contribution is 2.14. The number of rotatable bonds is 2. The van der Waals surface area contributed by atoms with Crippen LogP contribution < -0.4 is 10.7 Å². The fraction of sp³-hybridized carbons (Fsp3) is 0. The molecule has 0 aliphatic carbocycles. The van der Waals surface area contributed by atoms with Gasteiger partial charge >= 0.3 is 0 Å². The molecule has 1 N–H and O–H groups in total. The van der Waals surface area contributed by atoms with E-state index in [1.807, 2.05) is 0 Å². The molecule has 0 aliphatic heterocycles. The molecule has 1 aromatic carbocycles. The number of nitrogens with zero attached hydrogens (tertiary/aromatic N) is 1. The van der Waals surface area contributed by atoms with E-state index in [-0.39, 0.29) is 11.2 Å². The quantitative estimate of drug-likeness (QED) is 0.724. The summed E-state index contributed by atoms with van der Waals surface area (Å²) in [4.78, 5) is 28.1. The average molecular weight is 345 g/mol. The van der Waals surface area contributed by atoms with Gasteiger partial charge in [-0.15, -0.1) is 0 Å². The number of hydrogen-bond donors (Lipinski definition) is 1. The van der Waals surface area contributed by atoms with E-state index in [4.69, 9.17) is 4.42 Å². The van der Waals surface area contributed by atoms with Gasteiger partial charge in [-0.2, -0.15) is 0 Å². The summed E-state index contributed by atoms with van der Waals surface area (Å²) in [6.45, 7) is 0. The van der Waals surface area contributed by atoms with Crippen LogP contribution in [0.4, 0.5) is 5.69 Å². The minimum Gasteiger partial charge on any atom is -0.451 e. The summed E-state index contributed by atoms with van der Waals surface area (Å²) < 4.78 is 6.12. The molecule has 0 aliphatic rings. The van der Waals surface area contributed by atoms with Crippen LogP contribution in [0.25, 0.3) is 11.0 Å². The van der Waals surface area contributed by atoms with Gasteiger partial charge in [0.05, 0.1) is 17.3 Å². The third-order valence-electron chi connectivity index (χ3n) is 2.84. The Hall–Kier alpha value is -2.47. The number of hydrogen-bond acceptors (Lipinski definition) is 4. The Morgan fingerprint density at radius 1 is 1.19 bits per heavy atom. The third-order valence-corrected chi connectivity index (χ3v) is 3.31. The Kier molecular flexibility index (Phi) is 3.53. The van der Waals surface area contributed by atoms with E-state index >= 15 is 0 Å². The lowest BCUT2D eigenvalue weighted by atomic mass is 10.2. The number of carbonyl (C=O) groups excluding carboxylic acids is 1. The fourth-order valence-corrected chi connectivity index (χ4v) is 2.09. The van der Waals surface area contributed by atoms with E-state index in [0.717, 1.165) is 0 Å². The van der Waals surface area contributed by atoms with Gasteiger partial charge in [-0.25, -0.2) is 4.98 Å². The molecule has 0 saturated heterocycles. The minimum atomic E-state index is -0.498. The van der Waals surface area contributed by atoms with Crippen LogP contribution in [-0.4, -0.2) is 10.9 Å². The summed E-state index contributed by atoms with van der Waals surface area (Å²) in [5.74, 6) is -0.538. The monoisotopic (exact) mass is 344 g/mol. The van der Waals surface area contributed by atoms with Crippen molar-refractivity contribution in [1.29, 1.82) is 0 Å². The Morgan fingerprint density at radius 3 is 2.76 bits per heavy atom. The van der Waals surface area contributed by atoms with E-state index in [2.05, 4.69) is 26.2 Å². The number of halogens is 1. The molecule has 0 bridgehead atoms. The Bertz CT molecular complexity index is 872. The number of nitrogens with one attached hydrogen (secondary N) is 1. The molecule has 0 atom stereocenters. The van der Waals surface area contributed by atoms with Crippen molar-refractivity contribution in [3.8, 4) is 0 Å². The number of pyridine rings is 1. The van der Waals surface area contributed by atoms with Gasteiger partial charge in [-0.1, -0.05) is 12.1 Å². The third kappa shape index (κ3) is 2.85. The first-order chi connectivity index (χ1) is 10.1. The number of carbonyl (C=O) groups is 1. The van der Waals surface area contributed by atoms with Gasteiger partial charge in [-0.05, 0) is 40.2 Å². The van der Waals surface area contributed by atoms with E-state index in [1.54, 1.807) is 36.4 Å². The van der Waals surface area contributed by atoms with Gasteiger partial charge in [0.1, 0.15) is 10.2 Å². The van der Waals surface area contributed by atoms with Gasteiger partial charge < -0.3 is 9.73 Å². The Labute approximate surface area is 127 Å². The van der Waals surface area contributed by atoms with Crippen molar-refractivity contribution < 1.29 is 9.21 Å². The first-order valence-corrected chi connectivity index (χ1v) is 6.88. The van der Waals surface area contributed by atoms with Gasteiger partial charge in [0.25, 0.3) is 5.91 Å². The summed E-state index contributed by atoms with van der Waals surface area (Å²) in [5.41, 5.74) is 0.638. The molecule has 0 saturated carbocycles. The fourth-order valence-electron chi connectivity index (χ4n) is 1.86. The lowest BCUT2D eigenvalue weighted by molar-refractivity contribution is 0.0997. The zero-order chi connectivity index (χ0) is 14.8. The second kappa shape index (κ2) is 5.49. The number of benzene rings is 1. The number of aromatic nitrogens is 1. The highest BCUT2D eigenvalue weighted by Gasteiger charge is 2.12. The number of fused-ring (bicyclic) bond motifs is 1. The maximum Gasteiger partial charge on any atom is 0.291 e. The van der Waals surface area contributed by atoms with E-state index < -0.39 is 5.91 Å². The van der Waals surface area contributed by atoms with Crippen LogP contribution in [0, 0.1) is 0 Å². The van der Waals surface area contributed by atoms with E-state index in [1.165, 1.54) is 12.3 Å². The van der Waals surface area contributed by atoms with Gasteiger partial charge in [0.2, 0.25) is 0 Å². The molecule has 3 rings (SSSR count). The van der Waals surface area contributed by atoms with Crippen LogP contribution >= 0.6 is 15.9 Å². The lowest BCUT2D eigenvalue weighted by Gasteiger charge is -2.05. The normalized spacial score (nSPS) is 10.5. The van der Waals surface area contributed by atoms with Crippen molar-refractivity contribution in [2.45, 2.75) is 0 Å². The number of para-hydroxylation sites is 1. The molecule has 2 heterocycles. The predicted octanol–water partition coefficient (Wildman–Crippen LogP) is 3.20. The number of amides is 1. The van der Waals surface area contributed by atoms with Crippen molar-refractivity contribution in [3.63, 3.8) is 0 Å².